The zero-order valence-corrected chi connectivity index (χ0v) is 11.4. The molecule has 2 aromatic rings. The fourth-order valence-corrected chi connectivity index (χ4v) is 2.40. The summed E-state index contributed by atoms with van der Waals surface area (Å²) in [7, 11) is 0. The van der Waals surface area contributed by atoms with Crippen LogP contribution in [0, 0.1) is 0 Å². The Morgan fingerprint density at radius 1 is 1.15 bits per heavy atom. The van der Waals surface area contributed by atoms with Gasteiger partial charge in [-0.3, -0.25) is 4.98 Å². The van der Waals surface area contributed by atoms with E-state index in [1.165, 1.54) is 19.3 Å². The summed E-state index contributed by atoms with van der Waals surface area (Å²) >= 11 is 0. The molecule has 1 atom stereocenters. The minimum atomic E-state index is 0.530. The third kappa shape index (κ3) is 3.30. The van der Waals surface area contributed by atoms with E-state index in [0.717, 1.165) is 24.3 Å². The van der Waals surface area contributed by atoms with E-state index in [-0.39, 0.29) is 0 Å². The molecule has 20 heavy (non-hydrogen) atoms. The van der Waals surface area contributed by atoms with E-state index >= 15 is 0 Å². The molecule has 1 unspecified atom stereocenters. The van der Waals surface area contributed by atoms with E-state index in [0.29, 0.717) is 12.0 Å². The molecule has 1 fully saturated rings. The van der Waals surface area contributed by atoms with Crippen molar-refractivity contribution in [2.24, 2.45) is 0 Å². The molecule has 0 amide bonds. The van der Waals surface area contributed by atoms with Crippen molar-refractivity contribution in [3.8, 4) is 11.3 Å². The average molecular weight is 269 g/mol. The second kappa shape index (κ2) is 6.43. The second-order valence-corrected chi connectivity index (χ2v) is 5.04. The average Bonchev–Trinajstić information content (AvgIpc) is 2.55. The van der Waals surface area contributed by atoms with Crippen LogP contribution in [0.5, 0.6) is 0 Å². The molecule has 104 valence electrons. The van der Waals surface area contributed by atoms with Gasteiger partial charge in [-0.1, -0.05) is 12.5 Å². The first-order valence-corrected chi connectivity index (χ1v) is 7.12. The molecular weight excluding hydrogens is 250 g/mol. The maximum absolute atomic E-state index is 4.35. The minimum Gasteiger partial charge on any atom is -0.353 e. The highest BCUT2D eigenvalue weighted by Crippen LogP contribution is 2.14. The Bertz CT molecular complexity index is 520. The second-order valence-electron chi connectivity index (χ2n) is 5.04. The highest BCUT2D eigenvalue weighted by Gasteiger charge is 2.12. The molecule has 1 aliphatic rings. The van der Waals surface area contributed by atoms with Gasteiger partial charge in [0.05, 0.1) is 5.69 Å². The Labute approximate surface area is 118 Å². The highest BCUT2D eigenvalue weighted by molar-refractivity contribution is 5.56. The van der Waals surface area contributed by atoms with Gasteiger partial charge < -0.3 is 10.6 Å². The van der Waals surface area contributed by atoms with E-state index in [1.807, 2.05) is 30.6 Å². The molecule has 0 spiro atoms. The van der Waals surface area contributed by atoms with Gasteiger partial charge in [0.1, 0.15) is 0 Å². The molecule has 2 aromatic heterocycles. The van der Waals surface area contributed by atoms with Crippen LogP contribution in [0.15, 0.2) is 36.8 Å². The quantitative estimate of drug-likeness (QED) is 0.890. The Hall–Kier alpha value is -2.01. The summed E-state index contributed by atoms with van der Waals surface area (Å²) in [6.07, 6.45) is 9.21. The molecule has 0 bridgehead atoms. The largest absolute Gasteiger partial charge is 0.353 e. The Balaban J connectivity index is 1.58. The van der Waals surface area contributed by atoms with Gasteiger partial charge in [0.2, 0.25) is 5.95 Å². The fourth-order valence-electron chi connectivity index (χ4n) is 2.40. The fraction of sp³-hybridized carbons (Fsp3) is 0.400. The number of nitrogens with zero attached hydrogens (tertiary/aromatic N) is 3. The number of anilines is 1. The lowest BCUT2D eigenvalue weighted by molar-refractivity contribution is 0.413. The third-order valence-electron chi connectivity index (χ3n) is 3.53. The number of hydrogen-bond acceptors (Lipinski definition) is 5. The van der Waals surface area contributed by atoms with Gasteiger partial charge in [0.15, 0.2) is 0 Å². The molecule has 0 saturated carbocycles. The molecule has 5 nitrogen and oxygen atoms in total. The van der Waals surface area contributed by atoms with Crippen LogP contribution in [0.1, 0.15) is 19.3 Å². The van der Waals surface area contributed by atoms with Crippen LogP contribution in [0.25, 0.3) is 11.3 Å². The minimum absolute atomic E-state index is 0.530. The topological polar surface area (TPSA) is 62.7 Å². The maximum Gasteiger partial charge on any atom is 0.222 e. The van der Waals surface area contributed by atoms with E-state index < -0.39 is 0 Å². The van der Waals surface area contributed by atoms with Gasteiger partial charge in [-0.05, 0) is 31.5 Å². The van der Waals surface area contributed by atoms with Crippen LogP contribution >= 0.6 is 0 Å². The molecule has 5 heteroatoms. The number of piperidine rings is 1. The van der Waals surface area contributed by atoms with Crippen molar-refractivity contribution in [3.63, 3.8) is 0 Å². The summed E-state index contributed by atoms with van der Waals surface area (Å²) in [5.74, 6) is 0.678. The van der Waals surface area contributed by atoms with Crippen molar-refractivity contribution in [2.75, 3.05) is 18.4 Å². The molecule has 2 N–H and O–H groups in total. The zero-order chi connectivity index (χ0) is 13.6. The number of aromatic nitrogens is 3. The molecule has 0 aliphatic carbocycles. The van der Waals surface area contributed by atoms with Crippen LogP contribution in [0.3, 0.4) is 0 Å². The Morgan fingerprint density at radius 2 is 2.05 bits per heavy atom. The van der Waals surface area contributed by atoms with Crippen molar-refractivity contribution >= 4 is 5.95 Å². The van der Waals surface area contributed by atoms with E-state index in [9.17, 15) is 0 Å². The first-order chi connectivity index (χ1) is 9.92. The zero-order valence-electron chi connectivity index (χ0n) is 11.4. The molecule has 3 heterocycles. The molecular formula is C15H19N5. The monoisotopic (exact) mass is 269 g/mol. The third-order valence-corrected chi connectivity index (χ3v) is 3.53. The Morgan fingerprint density at radius 3 is 2.75 bits per heavy atom. The van der Waals surface area contributed by atoms with E-state index in [1.54, 1.807) is 6.20 Å². The van der Waals surface area contributed by atoms with Crippen LogP contribution in [0.2, 0.25) is 0 Å². The van der Waals surface area contributed by atoms with Crippen molar-refractivity contribution in [1.29, 1.82) is 0 Å². The van der Waals surface area contributed by atoms with Gasteiger partial charge in [0, 0.05) is 36.7 Å². The van der Waals surface area contributed by atoms with Gasteiger partial charge in [-0.25, -0.2) is 9.97 Å². The number of hydrogen-bond donors (Lipinski definition) is 2. The van der Waals surface area contributed by atoms with Crippen molar-refractivity contribution in [1.82, 2.24) is 20.3 Å². The molecule has 3 rings (SSSR count). The SMILES string of the molecule is c1ccc(-c2cnc(NCC3CCCCN3)nc2)nc1. The van der Waals surface area contributed by atoms with Crippen LogP contribution in [-0.2, 0) is 0 Å². The lowest BCUT2D eigenvalue weighted by Gasteiger charge is -2.23. The molecule has 0 aromatic carbocycles. The first-order valence-electron chi connectivity index (χ1n) is 7.12. The number of pyridine rings is 1. The van der Waals surface area contributed by atoms with Crippen molar-refractivity contribution in [3.05, 3.63) is 36.8 Å². The van der Waals surface area contributed by atoms with Crippen molar-refractivity contribution < 1.29 is 0 Å². The lowest BCUT2D eigenvalue weighted by atomic mass is 10.1. The summed E-state index contributed by atoms with van der Waals surface area (Å²) in [6, 6.07) is 6.35. The highest BCUT2D eigenvalue weighted by atomic mass is 15.1. The van der Waals surface area contributed by atoms with Crippen LogP contribution in [0.4, 0.5) is 5.95 Å². The standard InChI is InChI=1S/C15H19N5/c1-3-7-16-13(5-1)11-20-15-18-9-12(10-19-15)14-6-2-4-8-17-14/h2,4,6,8-10,13,16H,1,3,5,7,11H2,(H,18,19,20). The smallest absolute Gasteiger partial charge is 0.222 e. The van der Waals surface area contributed by atoms with Gasteiger partial charge in [0.25, 0.3) is 0 Å². The molecule has 1 aliphatic heterocycles. The van der Waals surface area contributed by atoms with Crippen molar-refractivity contribution in [2.45, 2.75) is 25.3 Å². The van der Waals surface area contributed by atoms with Gasteiger partial charge in [-0.15, -0.1) is 0 Å². The Kier molecular flexibility index (Phi) is 4.18. The molecule has 0 radical (unpaired) electrons. The predicted molar refractivity (Wildman–Crippen MR) is 79.4 cm³/mol. The lowest BCUT2D eigenvalue weighted by Crippen LogP contribution is -2.39. The summed E-state index contributed by atoms with van der Waals surface area (Å²) in [5, 5.41) is 6.79. The molecule has 1 saturated heterocycles. The number of nitrogens with one attached hydrogen (secondary N) is 2. The normalized spacial score (nSPS) is 18.7. The van der Waals surface area contributed by atoms with Gasteiger partial charge >= 0.3 is 0 Å². The maximum atomic E-state index is 4.35. The van der Waals surface area contributed by atoms with E-state index in [4.69, 9.17) is 0 Å². The van der Waals surface area contributed by atoms with Crippen LogP contribution < -0.4 is 10.6 Å². The summed E-state index contributed by atoms with van der Waals surface area (Å²) < 4.78 is 0. The predicted octanol–water partition coefficient (Wildman–Crippen LogP) is 2.09. The summed E-state index contributed by atoms with van der Waals surface area (Å²) in [5.41, 5.74) is 1.83. The summed E-state index contributed by atoms with van der Waals surface area (Å²) in [4.78, 5) is 13.0. The van der Waals surface area contributed by atoms with E-state index in [2.05, 4.69) is 25.6 Å². The summed E-state index contributed by atoms with van der Waals surface area (Å²) in [6.45, 7) is 1.99. The van der Waals surface area contributed by atoms with Gasteiger partial charge in [-0.2, -0.15) is 0 Å². The number of rotatable bonds is 4. The first kappa shape index (κ1) is 13.0. The van der Waals surface area contributed by atoms with Crippen LogP contribution in [-0.4, -0.2) is 34.1 Å².